The van der Waals surface area contributed by atoms with Crippen LogP contribution in [0.25, 0.3) is 10.9 Å². The van der Waals surface area contributed by atoms with Gasteiger partial charge in [-0.15, -0.1) is 0 Å². The van der Waals surface area contributed by atoms with E-state index in [4.69, 9.17) is 0 Å². The Kier molecular flexibility index (Phi) is 4.93. The van der Waals surface area contributed by atoms with Crippen molar-refractivity contribution in [3.05, 3.63) is 89.9 Å². The van der Waals surface area contributed by atoms with Crippen LogP contribution in [-0.2, 0) is 6.54 Å². The van der Waals surface area contributed by atoms with Crippen molar-refractivity contribution in [2.75, 3.05) is 10.6 Å². The highest BCUT2D eigenvalue weighted by Gasteiger charge is 2.11. The molecule has 4 aromatic rings. The third-order valence-corrected chi connectivity index (χ3v) is 4.30. The first kappa shape index (κ1) is 17.6. The fourth-order valence-electron chi connectivity index (χ4n) is 2.96. The van der Waals surface area contributed by atoms with Crippen molar-refractivity contribution < 1.29 is 4.79 Å². The summed E-state index contributed by atoms with van der Waals surface area (Å²) in [6.07, 6.45) is 3.28. The third kappa shape index (κ3) is 3.96. The molecule has 0 saturated carbocycles. The van der Waals surface area contributed by atoms with Crippen LogP contribution in [0.5, 0.6) is 0 Å². The number of aryl methyl sites for hydroxylation is 1. The van der Waals surface area contributed by atoms with E-state index in [1.54, 1.807) is 18.5 Å². The van der Waals surface area contributed by atoms with Gasteiger partial charge in [-0.3, -0.25) is 9.78 Å². The molecule has 0 radical (unpaired) electrons. The Morgan fingerprint density at radius 3 is 2.71 bits per heavy atom. The van der Waals surface area contributed by atoms with E-state index in [9.17, 15) is 4.79 Å². The van der Waals surface area contributed by atoms with Gasteiger partial charge < -0.3 is 10.6 Å². The Bertz CT molecular complexity index is 1140. The average Bonchev–Trinajstić information content (AvgIpc) is 2.73. The molecule has 0 saturated heterocycles. The van der Waals surface area contributed by atoms with E-state index in [1.165, 1.54) is 5.56 Å². The Morgan fingerprint density at radius 2 is 1.82 bits per heavy atom. The summed E-state index contributed by atoms with van der Waals surface area (Å²) in [4.78, 5) is 25.6. The van der Waals surface area contributed by atoms with Gasteiger partial charge in [-0.25, -0.2) is 9.97 Å². The summed E-state index contributed by atoms with van der Waals surface area (Å²) in [7, 11) is 0. The maximum absolute atomic E-state index is 12.7. The van der Waals surface area contributed by atoms with Crippen molar-refractivity contribution in [3.8, 4) is 0 Å². The Morgan fingerprint density at radius 1 is 0.964 bits per heavy atom. The van der Waals surface area contributed by atoms with E-state index < -0.39 is 0 Å². The van der Waals surface area contributed by atoms with Gasteiger partial charge in [0, 0.05) is 24.3 Å². The number of amides is 1. The average molecular weight is 369 g/mol. The van der Waals surface area contributed by atoms with Crippen molar-refractivity contribution in [1.82, 2.24) is 15.0 Å². The van der Waals surface area contributed by atoms with Gasteiger partial charge >= 0.3 is 0 Å². The highest BCUT2D eigenvalue weighted by atomic mass is 16.1. The molecule has 1 amide bonds. The van der Waals surface area contributed by atoms with Gasteiger partial charge in [0.15, 0.2) is 0 Å². The molecule has 0 aliphatic rings. The number of rotatable bonds is 5. The van der Waals surface area contributed by atoms with Crippen molar-refractivity contribution in [2.45, 2.75) is 13.5 Å². The first-order chi connectivity index (χ1) is 13.7. The predicted molar refractivity (Wildman–Crippen MR) is 110 cm³/mol. The summed E-state index contributed by atoms with van der Waals surface area (Å²) < 4.78 is 0. The number of nitrogens with zero attached hydrogens (tertiary/aromatic N) is 3. The maximum atomic E-state index is 12.7. The lowest BCUT2D eigenvalue weighted by molar-refractivity contribution is 0.102. The lowest BCUT2D eigenvalue weighted by Gasteiger charge is -2.09. The van der Waals surface area contributed by atoms with Crippen LogP contribution in [0.1, 0.15) is 21.6 Å². The Hall–Kier alpha value is -3.80. The van der Waals surface area contributed by atoms with Crippen molar-refractivity contribution in [3.63, 3.8) is 0 Å². The minimum absolute atomic E-state index is 0.287. The van der Waals surface area contributed by atoms with E-state index in [2.05, 4.69) is 31.7 Å². The molecule has 2 heterocycles. The first-order valence-electron chi connectivity index (χ1n) is 8.96. The van der Waals surface area contributed by atoms with E-state index in [1.807, 2.05) is 55.5 Å². The van der Waals surface area contributed by atoms with E-state index >= 15 is 0 Å². The standard InChI is InChI=1S/C22H19N5O/c1-15-5-2-6-16(13-15)14-25-22-24-12-10-19(27-22)21(28)26-18-9-3-7-17-8-4-11-23-20(17)18/h2-13H,14H2,1H3,(H,26,28)(H,24,25,27). The molecule has 0 unspecified atom stereocenters. The van der Waals surface area contributed by atoms with Crippen LogP contribution >= 0.6 is 0 Å². The Labute approximate surface area is 162 Å². The minimum Gasteiger partial charge on any atom is -0.350 e. The molecule has 0 aliphatic carbocycles. The molecule has 0 atom stereocenters. The smallest absolute Gasteiger partial charge is 0.274 e. The van der Waals surface area contributed by atoms with Crippen LogP contribution in [0.2, 0.25) is 0 Å². The topological polar surface area (TPSA) is 79.8 Å². The predicted octanol–water partition coefficient (Wildman–Crippen LogP) is 4.20. The van der Waals surface area contributed by atoms with E-state index in [-0.39, 0.29) is 11.6 Å². The quantitative estimate of drug-likeness (QED) is 0.551. The molecule has 0 spiro atoms. The van der Waals surface area contributed by atoms with Gasteiger partial charge in [0.05, 0.1) is 11.2 Å². The Balaban J connectivity index is 1.49. The molecule has 2 aromatic carbocycles. The van der Waals surface area contributed by atoms with E-state index in [0.717, 1.165) is 16.5 Å². The van der Waals surface area contributed by atoms with Gasteiger partial charge in [-0.05, 0) is 30.7 Å². The van der Waals surface area contributed by atoms with Crippen LogP contribution in [-0.4, -0.2) is 20.9 Å². The normalized spacial score (nSPS) is 10.6. The second kappa shape index (κ2) is 7.84. The second-order valence-corrected chi connectivity index (χ2v) is 6.44. The molecular weight excluding hydrogens is 350 g/mol. The number of para-hydroxylation sites is 1. The number of hydrogen-bond donors (Lipinski definition) is 2. The van der Waals surface area contributed by atoms with Gasteiger partial charge in [0.1, 0.15) is 5.69 Å². The summed E-state index contributed by atoms with van der Waals surface area (Å²) in [6, 6.07) is 19.3. The number of benzene rings is 2. The van der Waals surface area contributed by atoms with Crippen LogP contribution in [0, 0.1) is 6.92 Å². The molecule has 2 aromatic heterocycles. The van der Waals surface area contributed by atoms with Gasteiger partial charge in [-0.2, -0.15) is 0 Å². The zero-order chi connectivity index (χ0) is 19.3. The van der Waals surface area contributed by atoms with Crippen LogP contribution in [0.4, 0.5) is 11.6 Å². The molecule has 4 rings (SSSR count). The van der Waals surface area contributed by atoms with Crippen molar-refractivity contribution in [1.29, 1.82) is 0 Å². The summed E-state index contributed by atoms with van der Waals surface area (Å²) in [6.45, 7) is 2.63. The highest BCUT2D eigenvalue weighted by Crippen LogP contribution is 2.21. The monoisotopic (exact) mass is 369 g/mol. The molecule has 28 heavy (non-hydrogen) atoms. The number of nitrogens with one attached hydrogen (secondary N) is 2. The molecule has 0 aliphatic heterocycles. The first-order valence-corrected chi connectivity index (χ1v) is 8.96. The van der Waals surface area contributed by atoms with Crippen LogP contribution in [0.15, 0.2) is 73.1 Å². The minimum atomic E-state index is -0.306. The molecular formula is C22H19N5O. The molecule has 6 heteroatoms. The van der Waals surface area contributed by atoms with Crippen LogP contribution < -0.4 is 10.6 Å². The number of aromatic nitrogens is 3. The van der Waals surface area contributed by atoms with Gasteiger partial charge in [0.25, 0.3) is 5.91 Å². The van der Waals surface area contributed by atoms with E-state index in [0.29, 0.717) is 18.2 Å². The third-order valence-electron chi connectivity index (χ3n) is 4.30. The summed E-state index contributed by atoms with van der Waals surface area (Å²) in [5.41, 5.74) is 3.99. The number of fused-ring (bicyclic) bond motifs is 1. The van der Waals surface area contributed by atoms with Gasteiger partial charge in [0.2, 0.25) is 5.95 Å². The molecule has 0 fully saturated rings. The number of hydrogen-bond acceptors (Lipinski definition) is 5. The number of carbonyl (C=O) groups is 1. The lowest BCUT2D eigenvalue weighted by Crippen LogP contribution is -2.15. The second-order valence-electron chi connectivity index (χ2n) is 6.44. The fourth-order valence-corrected chi connectivity index (χ4v) is 2.96. The summed E-state index contributed by atoms with van der Waals surface area (Å²) in [5.74, 6) is 0.101. The zero-order valence-electron chi connectivity index (χ0n) is 15.4. The van der Waals surface area contributed by atoms with Crippen molar-refractivity contribution in [2.24, 2.45) is 0 Å². The fraction of sp³-hybridized carbons (Fsp3) is 0.0909. The highest BCUT2D eigenvalue weighted by molar-refractivity contribution is 6.07. The maximum Gasteiger partial charge on any atom is 0.274 e. The largest absolute Gasteiger partial charge is 0.350 e. The number of pyridine rings is 1. The summed E-state index contributed by atoms with van der Waals surface area (Å²) in [5, 5.41) is 7.01. The molecule has 2 N–H and O–H groups in total. The summed E-state index contributed by atoms with van der Waals surface area (Å²) >= 11 is 0. The van der Waals surface area contributed by atoms with Crippen LogP contribution in [0.3, 0.4) is 0 Å². The number of anilines is 2. The van der Waals surface area contributed by atoms with Crippen molar-refractivity contribution >= 4 is 28.4 Å². The number of carbonyl (C=O) groups excluding carboxylic acids is 1. The molecule has 0 bridgehead atoms. The lowest BCUT2D eigenvalue weighted by atomic mass is 10.1. The molecule has 6 nitrogen and oxygen atoms in total. The zero-order valence-corrected chi connectivity index (χ0v) is 15.4. The SMILES string of the molecule is Cc1cccc(CNc2nccc(C(=O)Nc3cccc4cccnc34)n2)c1. The van der Waals surface area contributed by atoms with Gasteiger partial charge in [-0.1, -0.05) is 48.0 Å². The molecule has 138 valence electrons.